The Kier molecular flexibility index (Phi) is 11.4. The molecule has 0 saturated heterocycles. The number of aryl methyl sites for hydroxylation is 2. The van der Waals surface area contributed by atoms with Gasteiger partial charge in [-0.2, -0.15) is 13.2 Å². The van der Waals surface area contributed by atoms with Gasteiger partial charge in [-0.25, -0.2) is 9.59 Å². The van der Waals surface area contributed by atoms with Crippen molar-refractivity contribution in [3.05, 3.63) is 75.0 Å². The molecule has 39 heavy (non-hydrogen) atoms. The van der Waals surface area contributed by atoms with Gasteiger partial charge in [-0.05, 0) is 55.2 Å². The smallest absolute Gasteiger partial charge is 0.410 e. The first-order valence-electron chi connectivity index (χ1n) is 12.8. The lowest BCUT2D eigenvalue weighted by Crippen LogP contribution is -2.26. The lowest BCUT2D eigenvalue weighted by atomic mass is 9.83. The van der Waals surface area contributed by atoms with Crippen molar-refractivity contribution in [3.8, 4) is 5.75 Å². The topological polar surface area (TPSA) is 106 Å². The summed E-state index contributed by atoms with van der Waals surface area (Å²) in [6.45, 7) is 7.14. The van der Waals surface area contributed by atoms with Gasteiger partial charge >= 0.3 is 17.9 Å². The van der Waals surface area contributed by atoms with Crippen molar-refractivity contribution in [2.75, 3.05) is 7.11 Å². The lowest BCUT2D eigenvalue weighted by Gasteiger charge is -2.20. The van der Waals surface area contributed by atoms with Crippen molar-refractivity contribution in [2.24, 2.45) is 11.8 Å². The van der Waals surface area contributed by atoms with Gasteiger partial charge in [0.2, 0.25) is 0 Å². The molecule has 1 amide bonds. The molecule has 214 valence electrons. The normalized spacial score (nSPS) is 14.2. The third-order valence-corrected chi connectivity index (χ3v) is 6.87. The highest BCUT2D eigenvalue weighted by Crippen LogP contribution is 2.29. The number of nitrogens with one attached hydrogen (secondary N) is 1. The zero-order chi connectivity index (χ0) is 29.3. The minimum Gasteiger partial charge on any atom is -0.507 e. The highest BCUT2D eigenvalue weighted by atomic mass is 19.4. The zero-order valence-corrected chi connectivity index (χ0v) is 22.9. The number of hydrogen-bond acceptors (Lipinski definition) is 6. The lowest BCUT2D eigenvalue weighted by molar-refractivity contribution is -0.134. The first-order valence-corrected chi connectivity index (χ1v) is 12.8. The van der Waals surface area contributed by atoms with E-state index >= 15 is 0 Å². The number of aromatic hydroxyl groups is 1. The van der Waals surface area contributed by atoms with Crippen molar-refractivity contribution in [3.63, 3.8) is 0 Å². The van der Waals surface area contributed by atoms with Crippen LogP contribution in [0.2, 0.25) is 0 Å². The van der Waals surface area contributed by atoms with Crippen LogP contribution >= 0.6 is 0 Å². The van der Waals surface area contributed by atoms with E-state index in [0.29, 0.717) is 24.8 Å². The van der Waals surface area contributed by atoms with Crippen LogP contribution in [-0.2, 0) is 17.6 Å². The fourth-order valence-electron chi connectivity index (χ4n) is 4.16. The molecular formula is C29H36F3NO6. The summed E-state index contributed by atoms with van der Waals surface area (Å²) < 4.78 is 47.4. The van der Waals surface area contributed by atoms with Gasteiger partial charge in [0, 0.05) is 30.5 Å². The maximum atomic E-state index is 13.2. The number of alkyl carbamates (subject to hydrolysis) is 1. The van der Waals surface area contributed by atoms with Crippen molar-refractivity contribution in [2.45, 2.75) is 71.9 Å². The van der Waals surface area contributed by atoms with E-state index in [1.54, 1.807) is 31.2 Å². The van der Waals surface area contributed by atoms with Crippen LogP contribution in [0.15, 0.2) is 45.8 Å². The molecule has 0 fully saturated rings. The molecule has 2 aromatic rings. The Hall–Kier alpha value is -3.56. The number of amides is 1. The molecule has 7 nitrogen and oxygen atoms in total. The average Bonchev–Trinajstić information content (AvgIpc) is 2.86. The first-order chi connectivity index (χ1) is 18.2. The number of benzene rings is 1. The van der Waals surface area contributed by atoms with Crippen LogP contribution in [0.3, 0.4) is 0 Å². The first kappa shape index (κ1) is 31.7. The van der Waals surface area contributed by atoms with E-state index in [1.165, 1.54) is 19.4 Å². The van der Waals surface area contributed by atoms with Crippen molar-refractivity contribution >= 4 is 11.9 Å². The van der Waals surface area contributed by atoms with Crippen molar-refractivity contribution in [1.82, 2.24) is 5.32 Å². The number of halogens is 3. The largest absolute Gasteiger partial charge is 0.507 e. The number of carbonyl (C=O) groups is 2. The Morgan fingerprint density at radius 2 is 1.87 bits per heavy atom. The minimum atomic E-state index is -4.22. The Bertz CT molecular complexity index is 1230. The molecule has 3 atom stereocenters. The van der Waals surface area contributed by atoms with Gasteiger partial charge < -0.3 is 14.3 Å². The second kappa shape index (κ2) is 14.0. The van der Waals surface area contributed by atoms with E-state index < -0.39 is 47.3 Å². The predicted octanol–water partition coefficient (Wildman–Crippen LogP) is 6.60. The van der Waals surface area contributed by atoms with Gasteiger partial charge in [-0.1, -0.05) is 45.0 Å². The van der Waals surface area contributed by atoms with Gasteiger partial charge in [-0.15, -0.1) is 0 Å². The molecule has 0 aliphatic carbocycles. The molecule has 0 bridgehead atoms. The Morgan fingerprint density at radius 1 is 1.18 bits per heavy atom. The highest BCUT2D eigenvalue weighted by molar-refractivity contribution is 5.99. The number of alkyl halides is 3. The summed E-state index contributed by atoms with van der Waals surface area (Å²) >= 11 is 0. The Labute approximate surface area is 226 Å². The number of methoxy groups -OCH3 is 1. The average molecular weight is 552 g/mol. The molecule has 0 saturated carbocycles. The number of hydrogen-bond donors (Lipinski definition) is 2. The molecule has 10 heteroatoms. The van der Waals surface area contributed by atoms with Crippen LogP contribution < -0.4 is 10.9 Å². The summed E-state index contributed by atoms with van der Waals surface area (Å²) in [6, 6.07) is 6.46. The molecule has 2 unspecified atom stereocenters. The predicted molar refractivity (Wildman–Crippen MR) is 141 cm³/mol. The quantitative estimate of drug-likeness (QED) is 0.288. The SMILES string of the molecule is COC(=O)N/C=C/CCC(C)c1cc(O)c(C(=O)C(C)[C@@H](C)Cc2ccc(CCC(F)(F)F)cc2C)c(=O)o1. The summed E-state index contributed by atoms with van der Waals surface area (Å²) in [6.07, 6.45) is -1.06. The van der Waals surface area contributed by atoms with Crippen LogP contribution in [0.4, 0.5) is 18.0 Å². The molecule has 0 aliphatic rings. The summed E-state index contributed by atoms with van der Waals surface area (Å²) in [7, 11) is 1.25. The second-order valence-corrected chi connectivity index (χ2v) is 9.92. The van der Waals surface area contributed by atoms with Gasteiger partial charge in [0.1, 0.15) is 17.1 Å². The molecule has 0 aliphatic heterocycles. The monoisotopic (exact) mass is 551 g/mol. The van der Waals surface area contributed by atoms with Crippen LogP contribution in [0.1, 0.15) is 78.8 Å². The fraction of sp³-hybridized carbons (Fsp3) is 0.483. The van der Waals surface area contributed by atoms with Crippen molar-refractivity contribution in [1.29, 1.82) is 0 Å². The molecule has 1 heterocycles. The number of allylic oxidation sites excluding steroid dienone is 1. The van der Waals surface area contributed by atoms with E-state index in [2.05, 4.69) is 10.1 Å². The number of ketones is 1. The minimum absolute atomic E-state index is 0.0952. The van der Waals surface area contributed by atoms with E-state index in [0.717, 1.165) is 11.1 Å². The van der Waals surface area contributed by atoms with Gasteiger partial charge in [0.05, 0.1) is 7.11 Å². The molecular weight excluding hydrogens is 515 g/mol. The zero-order valence-electron chi connectivity index (χ0n) is 22.9. The molecule has 1 aromatic carbocycles. The highest BCUT2D eigenvalue weighted by Gasteiger charge is 2.29. The van der Waals surface area contributed by atoms with Crippen LogP contribution in [0, 0.1) is 18.8 Å². The Balaban J connectivity index is 2.06. The number of rotatable bonds is 12. The van der Waals surface area contributed by atoms with Gasteiger partial charge in [-0.3, -0.25) is 10.1 Å². The third-order valence-electron chi connectivity index (χ3n) is 6.87. The van der Waals surface area contributed by atoms with Crippen LogP contribution in [0.5, 0.6) is 5.75 Å². The van der Waals surface area contributed by atoms with E-state index in [-0.39, 0.29) is 24.0 Å². The summed E-state index contributed by atoms with van der Waals surface area (Å²) in [4.78, 5) is 36.9. The molecule has 1 aromatic heterocycles. The summed E-state index contributed by atoms with van der Waals surface area (Å²) in [5.41, 5.74) is 1.02. The van der Waals surface area contributed by atoms with E-state index in [1.807, 2.05) is 20.8 Å². The summed E-state index contributed by atoms with van der Waals surface area (Å²) in [5, 5.41) is 13.0. The maximum absolute atomic E-state index is 13.2. The summed E-state index contributed by atoms with van der Waals surface area (Å²) in [5.74, 6) is -1.83. The number of carbonyl (C=O) groups excluding carboxylic acids is 2. The van der Waals surface area contributed by atoms with Crippen molar-refractivity contribution < 1.29 is 37.0 Å². The second-order valence-electron chi connectivity index (χ2n) is 9.92. The molecule has 0 spiro atoms. The van der Waals surface area contributed by atoms with Gasteiger partial charge in [0.25, 0.3) is 0 Å². The number of Topliss-reactive ketones (excluding diaryl/α,β-unsaturated/α-hetero) is 1. The third kappa shape index (κ3) is 9.60. The standard InChI is InChI=1S/C29H36F3NO6/c1-17(8-6-7-13-33-28(37)38-5)24-16-23(34)25(27(36)39-24)26(35)20(4)18(2)15-22-10-9-21(14-19(22)3)11-12-29(30,31)32/h7,9-10,13-14,16-18,20,34H,6,8,11-12,15H2,1-5H3,(H,33,37)/b13-7+/t17?,18-,20?/m0/s1. The van der Waals surface area contributed by atoms with Gasteiger partial charge in [0.15, 0.2) is 5.78 Å². The fourth-order valence-corrected chi connectivity index (χ4v) is 4.16. The van der Waals surface area contributed by atoms with Crippen LogP contribution in [0.25, 0.3) is 0 Å². The molecule has 2 rings (SSSR count). The molecule has 0 radical (unpaired) electrons. The van der Waals surface area contributed by atoms with Crippen LogP contribution in [-0.4, -0.2) is 30.3 Å². The van der Waals surface area contributed by atoms with E-state index in [4.69, 9.17) is 4.42 Å². The van der Waals surface area contributed by atoms with E-state index in [9.17, 15) is 32.7 Å². The maximum Gasteiger partial charge on any atom is 0.410 e. The Morgan fingerprint density at radius 3 is 2.46 bits per heavy atom. The number of ether oxygens (including phenoxy) is 1. The molecule has 2 N–H and O–H groups in total.